The highest BCUT2D eigenvalue weighted by Gasteiger charge is 2.18. The van der Waals surface area contributed by atoms with E-state index >= 15 is 0 Å². The van der Waals surface area contributed by atoms with Crippen LogP contribution >= 0.6 is 11.6 Å². The largest absolute Gasteiger partial charge is 0.251 e. The molecule has 0 saturated heterocycles. The average Bonchev–Trinajstić information content (AvgIpc) is 2.63. The molecule has 3 rings (SSSR count). The lowest BCUT2D eigenvalue weighted by molar-refractivity contribution is 0.629. The highest BCUT2D eigenvalue weighted by atomic mass is 35.5. The van der Waals surface area contributed by atoms with E-state index in [-0.39, 0.29) is 5.02 Å². The molecular weight excluding hydrogens is 335 g/mol. The summed E-state index contributed by atoms with van der Waals surface area (Å²) in [6, 6.07) is 14.9. The van der Waals surface area contributed by atoms with Gasteiger partial charge in [-0.2, -0.15) is 5.26 Å². The fourth-order valence-corrected chi connectivity index (χ4v) is 3.22. The third kappa shape index (κ3) is 3.50. The molecule has 1 heterocycles. The molecule has 0 saturated carbocycles. The molecule has 2 nitrogen and oxygen atoms in total. The molecule has 0 spiro atoms. The first-order valence-corrected chi connectivity index (χ1v) is 8.80. The molecule has 0 atom stereocenters. The Bertz CT molecular complexity index is 946. The number of nitriles is 1. The maximum absolute atomic E-state index is 14.0. The first-order chi connectivity index (χ1) is 12.2. The van der Waals surface area contributed by atoms with Gasteiger partial charge < -0.3 is 0 Å². The summed E-state index contributed by atoms with van der Waals surface area (Å²) in [4.78, 5) is 4.58. The van der Waals surface area contributed by atoms with Gasteiger partial charge in [-0.25, -0.2) is 4.39 Å². The fraction of sp³-hybridized carbons (Fsp3) is 0.238. The Morgan fingerprint density at radius 3 is 2.60 bits per heavy atom. The van der Waals surface area contributed by atoms with Gasteiger partial charge in [0.25, 0.3) is 0 Å². The topological polar surface area (TPSA) is 36.7 Å². The molecule has 3 aromatic rings. The number of fused-ring (bicyclic) bond motifs is 1. The lowest BCUT2D eigenvalue weighted by Crippen LogP contribution is -2.01. The summed E-state index contributed by atoms with van der Waals surface area (Å²) in [5, 5.41) is 10.5. The van der Waals surface area contributed by atoms with Gasteiger partial charge in [0.2, 0.25) is 0 Å². The molecule has 0 aliphatic heterocycles. The molecule has 0 aliphatic carbocycles. The van der Waals surface area contributed by atoms with Gasteiger partial charge in [-0.1, -0.05) is 61.7 Å². The van der Waals surface area contributed by atoms with E-state index in [1.165, 1.54) is 6.07 Å². The van der Waals surface area contributed by atoms with E-state index in [0.717, 1.165) is 36.1 Å². The van der Waals surface area contributed by atoms with E-state index in [9.17, 15) is 9.65 Å². The molecule has 25 heavy (non-hydrogen) atoms. The van der Waals surface area contributed by atoms with Gasteiger partial charge in [-0.15, -0.1) is 0 Å². The monoisotopic (exact) mass is 352 g/mol. The van der Waals surface area contributed by atoms with Crippen molar-refractivity contribution < 1.29 is 4.39 Å². The van der Waals surface area contributed by atoms with Crippen molar-refractivity contribution in [3.8, 4) is 17.2 Å². The van der Waals surface area contributed by atoms with E-state index in [2.05, 4.69) is 18.0 Å². The fourth-order valence-electron chi connectivity index (χ4n) is 3.06. The highest BCUT2D eigenvalue weighted by Crippen LogP contribution is 2.35. The smallest absolute Gasteiger partial charge is 0.143 e. The number of benzene rings is 2. The van der Waals surface area contributed by atoms with Crippen molar-refractivity contribution in [2.24, 2.45) is 0 Å². The lowest BCUT2D eigenvalue weighted by Gasteiger charge is -2.14. The molecule has 1 aromatic heterocycles. The number of hydrogen-bond acceptors (Lipinski definition) is 2. The number of hydrogen-bond donors (Lipinski definition) is 0. The van der Waals surface area contributed by atoms with Crippen molar-refractivity contribution >= 4 is 22.5 Å². The predicted molar refractivity (Wildman–Crippen MR) is 100 cm³/mol. The minimum absolute atomic E-state index is 0.0362. The van der Waals surface area contributed by atoms with Crippen LogP contribution in [0.4, 0.5) is 4.39 Å². The predicted octanol–water partition coefficient (Wildman–Crippen LogP) is 6.30. The first kappa shape index (κ1) is 17.4. The summed E-state index contributed by atoms with van der Waals surface area (Å²) < 4.78 is 14.0. The molecule has 0 radical (unpaired) electrons. The minimum Gasteiger partial charge on any atom is -0.251 e. The standard InChI is InChI=1S/C21H18ClFN2/c1-2-3-5-10-19-16(13-24)21(14-8-6-4-7-9-14)15-11-17(22)18(23)12-20(15)25-19/h4,6-9,11-12H,2-3,5,10H2,1H3. The number of pyridine rings is 1. The first-order valence-electron chi connectivity index (χ1n) is 8.42. The van der Waals surface area contributed by atoms with Gasteiger partial charge in [0.05, 0.1) is 21.8 Å². The van der Waals surface area contributed by atoms with Crippen LogP contribution in [0.25, 0.3) is 22.0 Å². The molecule has 0 amide bonds. The average molecular weight is 353 g/mol. The van der Waals surface area contributed by atoms with Crippen LogP contribution in [0, 0.1) is 17.1 Å². The number of aryl methyl sites for hydroxylation is 1. The molecule has 0 N–H and O–H groups in total. The van der Waals surface area contributed by atoms with E-state index in [1.807, 2.05) is 30.3 Å². The maximum atomic E-state index is 14.0. The molecule has 0 aliphatic rings. The number of rotatable bonds is 5. The number of halogens is 2. The van der Waals surface area contributed by atoms with Gasteiger partial charge in [-0.3, -0.25) is 4.98 Å². The summed E-state index contributed by atoms with van der Waals surface area (Å²) in [7, 11) is 0. The van der Waals surface area contributed by atoms with Gasteiger partial charge in [0.15, 0.2) is 0 Å². The molecule has 126 valence electrons. The molecular formula is C21H18ClFN2. The van der Waals surface area contributed by atoms with Crippen LogP contribution in [-0.2, 0) is 6.42 Å². The van der Waals surface area contributed by atoms with Crippen LogP contribution in [0.1, 0.15) is 37.4 Å². The van der Waals surface area contributed by atoms with Crippen LogP contribution in [-0.4, -0.2) is 4.98 Å². The Hall–Kier alpha value is -2.44. The second kappa shape index (κ2) is 7.63. The number of aromatic nitrogens is 1. The molecule has 0 unspecified atom stereocenters. The SMILES string of the molecule is CCCCCc1nc2cc(F)c(Cl)cc2c(-c2ccccc2)c1C#N. The zero-order valence-electron chi connectivity index (χ0n) is 14.0. The summed E-state index contributed by atoms with van der Waals surface area (Å²) >= 11 is 6.00. The molecule has 0 bridgehead atoms. The zero-order chi connectivity index (χ0) is 17.8. The van der Waals surface area contributed by atoms with Gasteiger partial charge in [0, 0.05) is 17.0 Å². The van der Waals surface area contributed by atoms with Crippen LogP contribution in [0.3, 0.4) is 0 Å². The highest BCUT2D eigenvalue weighted by molar-refractivity contribution is 6.31. The summed E-state index contributed by atoms with van der Waals surface area (Å²) in [6.45, 7) is 2.13. The third-order valence-corrected chi connectivity index (χ3v) is 4.58. The van der Waals surface area contributed by atoms with Crippen LogP contribution in [0.2, 0.25) is 5.02 Å². The van der Waals surface area contributed by atoms with Crippen LogP contribution in [0.5, 0.6) is 0 Å². The normalized spacial score (nSPS) is 10.8. The zero-order valence-corrected chi connectivity index (χ0v) is 14.8. The van der Waals surface area contributed by atoms with Crippen molar-refractivity contribution in [1.29, 1.82) is 5.26 Å². The van der Waals surface area contributed by atoms with Crippen molar-refractivity contribution in [2.75, 3.05) is 0 Å². The van der Waals surface area contributed by atoms with Crippen molar-refractivity contribution in [1.82, 2.24) is 4.98 Å². The second-order valence-electron chi connectivity index (χ2n) is 6.03. The quantitative estimate of drug-likeness (QED) is 0.505. The van der Waals surface area contributed by atoms with Crippen molar-refractivity contribution in [2.45, 2.75) is 32.6 Å². The summed E-state index contributed by atoms with van der Waals surface area (Å²) in [6.07, 6.45) is 3.82. The van der Waals surface area contributed by atoms with E-state index in [1.54, 1.807) is 6.07 Å². The minimum atomic E-state index is -0.495. The van der Waals surface area contributed by atoms with Crippen LogP contribution < -0.4 is 0 Å². The number of nitrogens with zero attached hydrogens (tertiary/aromatic N) is 2. The number of unbranched alkanes of at least 4 members (excludes halogenated alkanes) is 2. The Kier molecular flexibility index (Phi) is 5.31. The second-order valence-corrected chi connectivity index (χ2v) is 6.43. The lowest BCUT2D eigenvalue weighted by atomic mass is 9.93. The summed E-state index contributed by atoms with van der Waals surface area (Å²) in [5.74, 6) is -0.495. The molecule has 2 aromatic carbocycles. The summed E-state index contributed by atoms with van der Waals surface area (Å²) in [5.41, 5.74) is 3.50. The Morgan fingerprint density at radius 2 is 1.92 bits per heavy atom. The Morgan fingerprint density at radius 1 is 1.16 bits per heavy atom. The van der Waals surface area contributed by atoms with Crippen molar-refractivity contribution in [3.63, 3.8) is 0 Å². The Balaban J connectivity index is 2.31. The van der Waals surface area contributed by atoms with E-state index < -0.39 is 5.82 Å². The maximum Gasteiger partial charge on any atom is 0.143 e. The van der Waals surface area contributed by atoms with Gasteiger partial charge in [0.1, 0.15) is 11.9 Å². The van der Waals surface area contributed by atoms with Gasteiger partial charge in [-0.05, 0) is 24.5 Å². The van der Waals surface area contributed by atoms with E-state index in [0.29, 0.717) is 22.9 Å². The molecule has 0 fully saturated rings. The van der Waals surface area contributed by atoms with Gasteiger partial charge >= 0.3 is 0 Å². The Labute approximate surface area is 151 Å². The van der Waals surface area contributed by atoms with Crippen molar-refractivity contribution in [3.05, 3.63) is 64.6 Å². The third-order valence-electron chi connectivity index (χ3n) is 4.29. The van der Waals surface area contributed by atoms with Crippen LogP contribution in [0.15, 0.2) is 42.5 Å². The molecule has 4 heteroatoms. The van der Waals surface area contributed by atoms with E-state index in [4.69, 9.17) is 11.6 Å².